The Balaban J connectivity index is 2.20. The molecule has 1 aromatic heterocycles. The van der Waals surface area contributed by atoms with Gasteiger partial charge in [0.05, 0.1) is 5.52 Å². The van der Waals surface area contributed by atoms with Crippen molar-refractivity contribution in [3.63, 3.8) is 0 Å². The van der Waals surface area contributed by atoms with Crippen LogP contribution in [0, 0.1) is 0 Å². The van der Waals surface area contributed by atoms with Crippen molar-refractivity contribution < 1.29 is 0 Å². The summed E-state index contributed by atoms with van der Waals surface area (Å²) in [5.74, 6) is 5.82. The number of fused-ring (bicyclic) bond motifs is 1. The lowest BCUT2D eigenvalue weighted by Crippen LogP contribution is -2.09. The van der Waals surface area contributed by atoms with E-state index >= 15 is 0 Å². The molecule has 5 heteroatoms. The van der Waals surface area contributed by atoms with Gasteiger partial charge in [-0.15, -0.1) is 0 Å². The molecule has 1 aromatic carbocycles. The second-order valence-electron chi connectivity index (χ2n) is 3.29. The Morgan fingerprint density at radius 1 is 1.38 bits per heavy atom. The van der Waals surface area contributed by atoms with Gasteiger partial charge < -0.3 is 11.6 Å². The maximum absolute atomic E-state index is 5.51. The highest BCUT2D eigenvalue weighted by Crippen LogP contribution is 2.17. The van der Waals surface area contributed by atoms with Crippen LogP contribution in [0.15, 0.2) is 41.6 Å². The van der Waals surface area contributed by atoms with Crippen LogP contribution >= 0.6 is 11.8 Å². The smallest absolute Gasteiger partial charge is 0.177 e. The highest BCUT2D eigenvalue weighted by atomic mass is 32.2. The topological polar surface area (TPSA) is 77.3 Å². The number of benzene rings is 1. The zero-order valence-electron chi connectivity index (χ0n) is 8.63. The molecule has 82 valence electrons. The molecule has 0 aliphatic heterocycles. The lowest BCUT2D eigenvalue weighted by molar-refractivity contribution is 1.25. The van der Waals surface area contributed by atoms with Crippen molar-refractivity contribution in [1.29, 1.82) is 0 Å². The van der Waals surface area contributed by atoms with Gasteiger partial charge in [0.25, 0.3) is 0 Å². The van der Waals surface area contributed by atoms with Crippen molar-refractivity contribution in [3.05, 3.63) is 42.1 Å². The molecule has 0 radical (unpaired) electrons. The van der Waals surface area contributed by atoms with Gasteiger partial charge in [0.2, 0.25) is 0 Å². The van der Waals surface area contributed by atoms with Crippen molar-refractivity contribution in [2.45, 2.75) is 5.75 Å². The number of pyridine rings is 1. The Bertz CT molecular complexity index is 524. The summed E-state index contributed by atoms with van der Waals surface area (Å²) in [5.41, 5.74) is 7.68. The average Bonchev–Trinajstić information content (AvgIpc) is 2.35. The maximum atomic E-state index is 5.51. The molecule has 0 saturated heterocycles. The van der Waals surface area contributed by atoms with Crippen LogP contribution in [0.5, 0.6) is 0 Å². The summed E-state index contributed by atoms with van der Waals surface area (Å²) in [4.78, 5) is 4.26. The fourth-order valence-electron chi connectivity index (χ4n) is 1.41. The van der Waals surface area contributed by atoms with Crippen molar-refractivity contribution in [3.8, 4) is 0 Å². The Morgan fingerprint density at radius 3 is 3.06 bits per heavy atom. The van der Waals surface area contributed by atoms with E-state index in [-0.39, 0.29) is 0 Å². The number of hydrogen-bond donors (Lipinski definition) is 2. The van der Waals surface area contributed by atoms with Gasteiger partial charge in [-0.1, -0.05) is 23.9 Å². The van der Waals surface area contributed by atoms with Gasteiger partial charge in [0.15, 0.2) is 5.17 Å². The Hall–Kier alpha value is -1.75. The third-order valence-corrected chi connectivity index (χ3v) is 3.06. The summed E-state index contributed by atoms with van der Waals surface area (Å²) in [5, 5.41) is 4.93. The summed E-state index contributed by atoms with van der Waals surface area (Å²) in [7, 11) is 0. The molecule has 0 aliphatic rings. The van der Waals surface area contributed by atoms with E-state index in [2.05, 4.69) is 16.2 Å². The van der Waals surface area contributed by atoms with Gasteiger partial charge in [0, 0.05) is 17.3 Å². The fraction of sp³-hybridized carbons (Fsp3) is 0.0909. The largest absolute Gasteiger partial charge is 0.377 e. The normalized spacial score (nSPS) is 11.9. The first-order chi connectivity index (χ1) is 7.79. The molecule has 0 bridgehead atoms. The zero-order valence-corrected chi connectivity index (χ0v) is 9.45. The maximum Gasteiger partial charge on any atom is 0.177 e. The summed E-state index contributed by atoms with van der Waals surface area (Å²) < 4.78 is 0. The van der Waals surface area contributed by atoms with Gasteiger partial charge in [-0.25, -0.2) is 0 Å². The lowest BCUT2D eigenvalue weighted by Gasteiger charge is -2.02. The molecular weight excluding hydrogens is 220 g/mol. The minimum Gasteiger partial charge on any atom is -0.377 e. The first kappa shape index (κ1) is 10.8. The number of nitrogens with zero attached hydrogens (tertiary/aromatic N) is 2. The third-order valence-electron chi connectivity index (χ3n) is 2.18. The van der Waals surface area contributed by atoms with E-state index in [1.54, 1.807) is 6.20 Å². The van der Waals surface area contributed by atoms with Gasteiger partial charge >= 0.3 is 0 Å². The van der Waals surface area contributed by atoms with Crippen LogP contribution in [-0.2, 0) is 5.75 Å². The molecule has 0 amide bonds. The first-order valence-corrected chi connectivity index (χ1v) is 5.78. The van der Waals surface area contributed by atoms with Crippen LogP contribution in [-0.4, -0.2) is 10.2 Å². The van der Waals surface area contributed by atoms with Gasteiger partial charge in [-0.05, 0) is 23.8 Å². The fourth-order valence-corrected chi connectivity index (χ4v) is 1.98. The molecule has 16 heavy (non-hydrogen) atoms. The SMILES string of the molecule is NN=C(N)SCc1ccc2ncccc2c1. The monoisotopic (exact) mass is 232 g/mol. The van der Waals surface area contributed by atoms with Crippen LogP contribution in [0.4, 0.5) is 0 Å². The van der Waals surface area contributed by atoms with E-state index in [1.165, 1.54) is 17.3 Å². The summed E-state index contributed by atoms with van der Waals surface area (Å²) in [6, 6.07) is 10.1. The molecule has 0 spiro atoms. The Kier molecular flexibility index (Phi) is 3.26. The predicted molar refractivity (Wildman–Crippen MR) is 68.8 cm³/mol. The highest BCUT2D eigenvalue weighted by molar-refractivity contribution is 8.13. The second kappa shape index (κ2) is 4.85. The van der Waals surface area contributed by atoms with Crippen molar-refractivity contribution in [2.24, 2.45) is 16.7 Å². The van der Waals surface area contributed by atoms with Gasteiger partial charge in [-0.2, -0.15) is 5.10 Å². The molecule has 1 heterocycles. The van der Waals surface area contributed by atoms with Crippen LogP contribution in [0.2, 0.25) is 0 Å². The number of aromatic nitrogens is 1. The minimum absolute atomic E-state index is 0.395. The summed E-state index contributed by atoms with van der Waals surface area (Å²) in [6.45, 7) is 0. The van der Waals surface area contributed by atoms with E-state index in [9.17, 15) is 0 Å². The molecule has 2 aromatic rings. The van der Waals surface area contributed by atoms with Gasteiger partial charge in [-0.3, -0.25) is 4.98 Å². The molecule has 0 unspecified atom stereocenters. The molecule has 4 N–H and O–H groups in total. The summed E-state index contributed by atoms with van der Waals surface area (Å²) >= 11 is 1.42. The second-order valence-corrected chi connectivity index (χ2v) is 4.28. The Morgan fingerprint density at radius 2 is 2.25 bits per heavy atom. The predicted octanol–water partition coefficient (Wildman–Crippen LogP) is 1.66. The van der Waals surface area contributed by atoms with Crippen molar-refractivity contribution >= 4 is 27.8 Å². The molecule has 4 nitrogen and oxygen atoms in total. The quantitative estimate of drug-likeness (QED) is 0.357. The molecule has 0 atom stereocenters. The lowest BCUT2D eigenvalue weighted by atomic mass is 10.1. The Labute approximate surface area is 97.7 Å². The minimum atomic E-state index is 0.395. The van der Waals surface area contributed by atoms with Crippen molar-refractivity contribution in [1.82, 2.24) is 4.98 Å². The number of amidine groups is 1. The van der Waals surface area contributed by atoms with E-state index in [0.29, 0.717) is 5.17 Å². The van der Waals surface area contributed by atoms with Crippen LogP contribution in [0.1, 0.15) is 5.56 Å². The highest BCUT2D eigenvalue weighted by Gasteiger charge is 1.99. The molecule has 0 saturated carbocycles. The average molecular weight is 232 g/mol. The number of hydrogen-bond acceptors (Lipinski definition) is 4. The molecule has 2 rings (SSSR count). The number of thioether (sulfide) groups is 1. The molecule has 0 fully saturated rings. The molecule has 0 aliphatic carbocycles. The number of nitrogens with two attached hydrogens (primary N) is 2. The van der Waals surface area contributed by atoms with Crippen LogP contribution in [0.25, 0.3) is 10.9 Å². The number of rotatable bonds is 2. The third kappa shape index (κ3) is 2.43. The van der Waals surface area contributed by atoms with Crippen LogP contribution < -0.4 is 11.6 Å². The first-order valence-electron chi connectivity index (χ1n) is 4.79. The van der Waals surface area contributed by atoms with E-state index < -0.39 is 0 Å². The van der Waals surface area contributed by atoms with E-state index in [1.807, 2.05) is 24.3 Å². The molecular formula is C11H12N4S. The zero-order chi connectivity index (χ0) is 11.4. The van der Waals surface area contributed by atoms with Gasteiger partial charge in [0.1, 0.15) is 0 Å². The summed E-state index contributed by atoms with van der Waals surface area (Å²) in [6.07, 6.45) is 1.79. The van der Waals surface area contributed by atoms with E-state index in [0.717, 1.165) is 16.7 Å². The number of hydrazone groups is 1. The van der Waals surface area contributed by atoms with Crippen molar-refractivity contribution in [2.75, 3.05) is 0 Å². The van der Waals surface area contributed by atoms with Crippen LogP contribution in [0.3, 0.4) is 0 Å². The standard InChI is InChI=1S/C11H12N4S/c12-11(15-13)16-7-8-3-4-10-9(6-8)2-1-5-14-10/h1-6H,7,13H2,(H2,12,15). The van der Waals surface area contributed by atoms with E-state index in [4.69, 9.17) is 11.6 Å².